The molecule has 10 heteroatoms. The van der Waals surface area contributed by atoms with Crippen molar-refractivity contribution >= 4 is 16.7 Å². The van der Waals surface area contributed by atoms with E-state index in [-0.39, 0.29) is 29.8 Å². The molecule has 0 spiro atoms. The average Bonchev–Trinajstić information content (AvgIpc) is 3.21. The maximum Gasteiger partial charge on any atom is 0.419 e. The van der Waals surface area contributed by atoms with Gasteiger partial charge in [-0.25, -0.2) is 4.39 Å². The van der Waals surface area contributed by atoms with Crippen molar-refractivity contribution in [3.8, 4) is 0 Å². The molecule has 6 nitrogen and oxygen atoms in total. The summed E-state index contributed by atoms with van der Waals surface area (Å²) in [4.78, 5) is 28.5. The number of rotatable bonds is 6. The van der Waals surface area contributed by atoms with Crippen molar-refractivity contribution in [2.45, 2.75) is 45.1 Å². The van der Waals surface area contributed by atoms with Crippen LogP contribution in [0.5, 0.6) is 0 Å². The Morgan fingerprint density at radius 2 is 1.94 bits per heavy atom. The second-order valence-corrected chi connectivity index (χ2v) is 9.40. The van der Waals surface area contributed by atoms with Crippen molar-refractivity contribution < 1.29 is 22.4 Å². The number of amides is 1. The largest absolute Gasteiger partial charge is 0.419 e. The first-order valence-electron chi connectivity index (χ1n) is 11.7. The molecule has 3 N–H and O–H groups in total. The van der Waals surface area contributed by atoms with Gasteiger partial charge in [-0.3, -0.25) is 14.5 Å². The summed E-state index contributed by atoms with van der Waals surface area (Å²) in [7, 11) is 0. The highest BCUT2D eigenvalue weighted by Gasteiger charge is 2.34. The van der Waals surface area contributed by atoms with Crippen LogP contribution in [0.25, 0.3) is 10.8 Å². The molecule has 2 atom stereocenters. The van der Waals surface area contributed by atoms with Gasteiger partial charge in [0.25, 0.3) is 11.5 Å². The third-order valence-corrected chi connectivity index (χ3v) is 6.65. The van der Waals surface area contributed by atoms with Crippen molar-refractivity contribution in [3.05, 3.63) is 81.0 Å². The number of fused-ring (bicyclic) bond motifs is 1. The molecule has 4 rings (SSSR count). The number of likely N-dealkylation sites (tertiary alicyclic amines) is 1. The van der Waals surface area contributed by atoms with Crippen LogP contribution in [-0.4, -0.2) is 41.1 Å². The van der Waals surface area contributed by atoms with E-state index in [1.54, 1.807) is 35.9 Å². The molecule has 192 valence electrons. The lowest BCUT2D eigenvalue weighted by Gasteiger charge is -2.23. The molecule has 0 radical (unpaired) electrons. The first kappa shape index (κ1) is 25.8. The summed E-state index contributed by atoms with van der Waals surface area (Å²) >= 11 is 0. The minimum absolute atomic E-state index is 0.0969. The summed E-state index contributed by atoms with van der Waals surface area (Å²) in [6.07, 6.45) is -2.19. The lowest BCUT2D eigenvalue weighted by molar-refractivity contribution is -0.140. The average molecular weight is 505 g/mol. The Kier molecular flexibility index (Phi) is 7.19. The molecule has 36 heavy (non-hydrogen) atoms. The first-order chi connectivity index (χ1) is 17.0. The zero-order valence-corrected chi connectivity index (χ0v) is 20.0. The van der Waals surface area contributed by atoms with Crippen molar-refractivity contribution in [2.75, 3.05) is 19.6 Å². The second kappa shape index (κ2) is 10.0. The smallest absolute Gasteiger partial charge is 0.348 e. The van der Waals surface area contributed by atoms with Crippen LogP contribution in [-0.2, 0) is 12.7 Å². The number of nitrogens with two attached hydrogens (primary N) is 1. The molecule has 0 aliphatic carbocycles. The lowest BCUT2D eigenvalue weighted by atomic mass is 10.00. The number of alkyl halides is 3. The van der Waals surface area contributed by atoms with Crippen molar-refractivity contribution in [1.29, 1.82) is 0 Å². The van der Waals surface area contributed by atoms with Crippen LogP contribution in [0.15, 0.2) is 47.4 Å². The number of nitrogens with one attached hydrogen (secondary N) is 1. The van der Waals surface area contributed by atoms with Gasteiger partial charge >= 0.3 is 6.18 Å². The van der Waals surface area contributed by atoms with E-state index >= 15 is 0 Å². The molecule has 0 unspecified atom stereocenters. The predicted octanol–water partition coefficient (Wildman–Crippen LogP) is 3.99. The van der Waals surface area contributed by atoms with Gasteiger partial charge < -0.3 is 15.6 Å². The molecule has 2 heterocycles. The van der Waals surface area contributed by atoms with Gasteiger partial charge in [-0.15, -0.1) is 0 Å². The minimum atomic E-state index is -4.79. The number of aryl methyl sites for hydroxylation is 1. The summed E-state index contributed by atoms with van der Waals surface area (Å²) in [6.45, 7) is 5.88. The Bertz CT molecular complexity index is 1350. The summed E-state index contributed by atoms with van der Waals surface area (Å²) in [5.41, 5.74) is 5.52. The highest BCUT2D eigenvalue weighted by Crippen LogP contribution is 2.31. The Hall–Kier alpha value is -3.24. The number of hydrogen-bond acceptors (Lipinski definition) is 4. The van der Waals surface area contributed by atoms with Crippen LogP contribution < -0.4 is 16.6 Å². The molecule has 1 fully saturated rings. The van der Waals surface area contributed by atoms with E-state index in [0.29, 0.717) is 34.5 Å². The Labute approximate surface area is 205 Å². The molecule has 0 bridgehead atoms. The number of aromatic nitrogens is 1. The summed E-state index contributed by atoms with van der Waals surface area (Å²) in [5.74, 6) is -1.91. The highest BCUT2D eigenvalue weighted by atomic mass is 19.4. The van der Waals surface area contributed by atoms with Gasteiger partial charge in [-0.1, -0.05) is 12.1 Å². The number of nitrogens with zero attached hydrogens (tertiary/aromatic N) is 2. The first-order valence-corrected chi connectivity index (χ1v) is 11.7. The number of carbonyl (C=O) groups excluding carboxylic acids is 1. The van der Waals surface area contributed by atoms with Crippen LogP contribution in [0.1, 0.15) is 46.4 Å². The minimum Gasteiger partial charge on any atom is -0.348 e. The molecular formula is C26H28F4N4O2. The zero-order chi connectivity index (χ0) is 26.2. The quantitative estimate of drug-likeness (QED) is 0.498. The van der Waals surface area contributed by atoms with Gasteiger partial charge in [0.1, 0.15) is 5.82 Å². The monoisotopic (exact) mass is 504 g/mol. The summed E-state index contributed by atoms with van der Waals surface area (Å²) in [6, 6.07) is 7.67. The number of halogens is 4. The predicted molar refractivity (Wildman–Crippen MR) is 129 cm³/mol. The molecule has 3 aromatic rings. The number of pyridine rings is 1. The van der Waals surface area contributed by atoms with Crippen LogP contribution in [0.2, 0.25) is 0 Å². The summed E-state index contributed by atoms with van der Waals surface area (Å²) in [5, 5.41) is 3.49. The van der Waals surface area contributed by atoms with Gasteiger partial charge in [0.15, 0.2) is 0 Å². The third kappa shape index (κ3) is 5.29. The summed E-state index contributed by atoms with van der Waals surface area (Å²) < 4.78 is 53.9. The fourth-order valence-electron chi connectivity index (χ4n) is 4.76. The van der Waals surface area contributed by atoms with E-state index < -0.39 is 23.5 Å². The van der Waals surface area contributed by atoms with Crippen LogP contribution >= 0.6 is 0 Å². The topological polar surface area (TPSA) is 80.4 Å². The Balaban J connectivity index is 1.56. The van der Waals surface area contributed by atoms with Crippen molar-refractivity contribution in [3.63, 3.8) is 0 Å². The van der Waals surface area contributed by atoms with E-state index in [4.69, 9.17) is 5.73 Å². The fourth-order valence-corrected chi connectivity index (χ4v) is 4.76. The molecule has 1 aliphatic heterocycles. The third-order valence-electron chi connectivity index (χ3n) is 6.65. The SMILES string of the molecule is Cc1ccc2c(=O)n([C@H](C)CN3CC[C@@H](N)C3)ccc2c1C(=O)NCc1ccc(C(F)(F)F)c(F)c1. The number of carbonyl (C=O) groups is 1. The van der Waals surface area contributed by atoms with E-state index in [1.165, 1.54) is 0 Å². The molecule has 2 aromatic carbocycles. The number of benzene rings is 2. The molecule has 1 saturated heterocycles. The van der Waals surface area contributed by atoms with E-state index in [1.807, 2.05) is 6.92 Å². The van der Waals surface area contributed by atoms with Crippen molar-refractivity contribution in [1.82, 2.24) is 14.8 Å². The molecule has 0 saturated carbocycles. The standard InChI is InChI=1S/C26H28F4N4O2/c1-15-3-5-20-19(8-10-34(25(20)36)16(2)13-33-9-7-18(31)14-33)23(15)24(35)32-12-17-4-6-21(22(27)11-17)26(28,29)30/h3-6,8,10-11,16,18H,7,9,12-14,31H2,1-2H3,(H,32,35)/t16-,18-/m1/s1. The second-order valence-electron chi connectivity index (χ2n) is 9.40. The van der Waals surface area contributed by atoms with Gasteiger partial charge in [-0.2, -0.15) is 13.2 Å². The maximum atomic E-state index is 13.9. The van der Waals surface area contributed by atoms with Gasteiger partial charge in [-0.05, 0) is 62.2 Å². The molecule has 1 aromatic heterocycles. The highest BCUT2D eigenvalue weighted by molar-refractivity contribution is 6.08. The lowest BCUT2D eigenvalue weighted by Crippen LogP contribution is -2.34. The van der Waals surface area contributed by atoms with E-state index in [2.05, 4.69) is 10.2 Å². The Morgan fingerprint density at radius 3 is 2.58 bits per heavy atom. The number of hydrogen-bond donors (Lipinski definition) is 2. The van der Waals surface area contributed by atoms with Crippen LogP contribution in [0.4, 0.5) is 17.6 Å². The molecule has 1 aliphatic rings. The van der Waals surface area contributed by atoms with E-state index in [0.717, 1.165) is 31.6 Å². The Morgan fingerprint density at radius 1 is 1.19 bits per heavy atom. The van der Waals surface area contributed by atoms with Gasteiger partial charge in [0.05, 0.1) is 11.1 Å². The van der Waals surface area contributed by atoms with Crippen LogP contribution in [0.3, 0.4) is 0 Å². The van der Waals surface area contributed by atoms with Crippen LogP contribution in [0, 0.1) is 12.7 Å². The van der Waals surface area contributed by atoms with Gasteiger partial charge in [0.2, 0.25) is 0 Å². The normalized spacial score (nSPS) is 17.5. The van der Waals surface area contributed by atoms with E-state index in [9.17, 15) is 27.2 Å². The van der Waals surface area contributed by atoms with Gasteiger partial charge in [0, 0.05) is 48.7 Å². The fraction of sp³-hybridized carbons (Fsp3) is 0.385. The zero-order valence-electron chi connectivity index (χ0n) is 20.0. The molecular weight excluding hydrogens is 476 g/mol. The molecule has 1 amide bonds. The van der Waals surface area contributed by atoms with Crippen molar-refractivity contribution in [2.24, 2.45) is 5.73 Å². The maximum absolute atomic E-state index is 13.9.